The van der Waals surface area contributed by atoms with Gasteiger partial charge in [-0.25, -0.2) is 4.39 Å². The van der Waals surface area contributed by atoms with E-state index in [0.717, 1.165) is 5.56 Å². The van der Waals surface area contributed by atoms with Gasteiger partial charge in [0.15, 0.2) is 0 Å². The summed E-state index contributed by atoms with van der Waals surface area (Å²) in [6.45, 7) is 0.954. The SMILES string of the molecule is O=[N+]([O-])c1ccc(CNCc2ccccc2F)cc1. The summed E-state index contributed by atoms with van der Waals surface area (Å²) in [5.74, 6) is -0.237. The molecule has 0 bridgehead atoms. The first-order valence-electron chi connectivity index (χ1n) is 5.84. The lowest BCUT2D eigenvalue weighted by Gasteiger charge is -2.06. The zero-order chi connectivity index (χ0) is 13.7. The smallest absolute Gasteiger partial charge is 0.269 e. The number of benzene rings is 2. The Morgan fingerprint density at radius 2 is 1.74 bits per heavy atom. The first-order valence-corrected chi connectivity index (χ1v) is 5.84. The molecule has 2 aromatic rings. The molecule has 1 N–H and O–H groups in total. The minimum atomic E-state index is -0.434. The lowest BCUT2D eigenvalue weighted by Crippen LogP contribution is -2.13. The molecule has 2 aromatic carbocycles. The molecule has 5 heteroatoms. The van der Waals surface area contributed by atoms with Crippen LogP contribution in [-0.4, -0.2) is 4.92 Å². The number of nitro benzene ring substituents is 1. The summed E-state index contributed by atoms with van der Waals surface area (Å²) in [5.41, 5.74) is 1.59. The van der Waals surface area contributed by atoms with E-state index in [1.54, 1.807) is 30.3 Å². The fourth-order valence-corrected chi connectivity index (χ4v) is 1.72. The fourth-order valence-electron chi connectivity index (χ4n) is 1.72. The summed E-state index contributed by atoms with van der Waals surface area (Å²) in [5, 5.41) is 13.6. The van der Waals surface area contributed by atoms with Gasteiger partial charge < -0.3 is 5.32 Å². The monoisotopic (exact) mass is 260 g/mol. The third-order valence-corrected chi connectivity index (χ3v) is 2.75. The molecule has 98 valence electrons. The molecule has 0 unspecified atom stereocenters. The van der Waals surface area contributed by atoms with Crippen LogP contribution in [0.5, 0.6) is 0 Å². The molecule has 0 aliphatic carbocycles. The summed E-state index contributed by atoms with van der Waals surface area (Å²) in [7, 11) is 0. The topological polar surface area (TPSA) is 55.2 Å². The molecule has 4 nitrogen and oxygen atoms in total. The molecule has 0 saturated carbocycles. The van der Waals surface area contributed by atoms with Crippen LogP contribution in [0.15, 0.2) is 48.5 Å². The Kier molecular flexibility index (Phi) is 4.20. The van der Waals surface area contributed by atoms with E-state index in [4.69, 9.17) is 0 Å². The van der Waals surface area contributed by atoms with E-state index < -0.39 is 4.92 Å². The van der Waals surface area contributed by atoms with Gasteiger partial charge in [-0.05, 0) is 11.6 Å². The molecule has 0 fully saturated rings. The standard InChI is InChI=1S/C14H13FN2O2/c15-14-4-2-1-3-12(14)10-16-9-11-5-7-13(8-6-11)17(18)19/h1-8,16H,9-10H2. The highest BCUT2D eigenvalue weighted by molar-refractivity contribution is 5.32. The van der Waals surface area contributed by atoms with Gasteiger partial charge in [0, 0.05) is 30.8 Å². The number of non-ortho nitro benzene ring substituents is 1. The van der Waals surface area contributed by atoms with Gasteiger partial charge in [0.1, 0.15) is 5.82 Å². The largest absolute Gasteiger partial charge is 0.309 e. The van der Waals surface area contributed by atoms with Crippen molar-refractivity contribution in [3.05, 3.63) is 75.6 Å². The van der Waals surface area contributed by atoms with Crippen molar-refractivity contribution in [3.8, 4) is 0 Å². The summed E-state index contributed by atoms with van der Waals surface area (Å²) in [6.07, 6.45) is 0. The minimum absolute atomic E-state index is 0.0675. The van der Waals surface area contributed by atoms with Gasteiger partial charge >= 0.3 is 0 Å². The van der Waals surface area contributed by atoms with Crippen molar-refractivity contribution >= 4 is 5.69 Å². The van der Waals surface area contributed by atoms with Crippen molar-refractivity contribution in [2.75, 3.05) is 0 Å². The molecular formula is C14H13FN2O2. The maximum absolute atomic E-state index is 13.3. The zero-order valence-electron chi connectivity index (χ0n) is 10.2. The Hall–Kier alpha value is -2.27. The second-order valence-electron chi connectivity index (χ2n) is 4.12. The Morgan fingerprint density at radius 1 is 1.05 bits per heavy atom. The molecule has 0 heterocycles. The third-order valence-electron chi connectivity index (χ3n) is 2.75. The molecule has 0 spiro atoms. The minimum Gasteiger partial charge on any atom is -0.309 e. The van der Waals surface area contributed by atoms with E-state index in [0.29, 0.717) is 18.7 Å². The molecule has 19 heavy (non-hydrogen) atoms. The predicted octanol–water partition coefficient (Wildman–Crippen LogP) is 3.02. The molecule has 0 radical (unpaired) electrons. The van der Waals surface area contributed by atoms with Gasteiger partial charge in [-0.1, -0.05) is 30.3 Å². The maximum atomic E-state index is 13.3. The second-order valence-corrected chi connectivity index (χ2v) is 4.12. The Bertz CT molecular complexity index is 570. The van der Waals surface area contributed by atoms with E-state index in [9.17, 15) is 14.5 Å². The Morgan fingerprint density at radius 3 is 2.37 bits per heavy atom. The van der Waals surface area contributed by atoms with E-state index in [2.05, 4.69) is 5.32 Å². The fraction of sp³-hybridized carbons (Fsp3) is 0.143. The lowest BCUT2D eigenvalue weighted by molar-refractivity contribution is -0.384. The number of hydrogen-bond acceptors (Lipinski definition) is 3. The Balaban J connectivity index is 1.89. The highest BCUT2D eigenvalue weighted by Gasteiger charge is 2.04. The van der Waals surface area contributed by atoms with Gasteiger partial charge in [0.2, 0.25) is 0 Å². The van der Waals surface area contributed by atoms with E-state index in [-0.39, 0.29) is 11.5 Å². The van der Waals surface area contributed by atoms with Crippen LogP contribution in [-0.2, 0) is 13.1 Å². The molecule has 0 aliphatic heterocycles. The van der Waals surface area contributed by atoms with Gasteiger partial charge in [-0.2, -0.15) is 0 Å². The number of nitrogens with one attached hydrogen (secondary N) is 1. The van der Waals surface area contributed by atoms with Crippen LogP contribution < -0.4 is 5.32 Å². The van der Waals surface area contributed by atoms with Crippen LogP contribution in [0, 0.1) is 15.9 Å². The summed E-state index contributed by atoms with van der Waals surface area (Å²) >= 11 is 0. The normalized spacial score (nSPS) is 10.4. The van der Waals surface area contributed by atoms with E-state index in [1.165, 1.54) is 18.2 Å². The molecular weight excluding hydrogens is 247 g/mol. The van der Waals surface area contributed by atoms with Crippen molar-refractivity contribution in [2.24, 2.45) is 0 Å². The summed E-state index contributed by atoms with van der Waals surface area (Å²) < 4.78 is 13.3. The van der Waals surface area contributed by atoms with Crippen LogP contribution in [0.2, 0.25) is 0 Å². The van der Waals surface area contributed by atoms with Gasteiger partial charge in [-0.3, -0.25) is 10.1 Å². The van der Waals surface area contributed by atoms with Crippen LogP contribution in [0.3, 0.4) is 0 Å². The molecule has 0 aromatic heterocycles. The van der Waals surface area contributed by atoms with Crippen LogP contribution >= 0.6 is 0 Å². The average Bonchev–Trinajstić information content (AvgIpc) is 2.41. The third kappa shape index (κ3) is 3.59. The predicted molar refractivity (Wildman–Crippen MR) is 70.0 cm³/mol. The first kappa shape index (κ1) is 13.2. The van der Waals surface area contributed by atoms with Gasteiger partial charge in [-0.15, -0.1) is 0 Å². The second kappa shape index (κ2) is 6.06. The number of hydrogen-bond donors (Lipinski definition) is 1. The van der Waals surface area contributed by atoms with E-state index >= 15 is 0 Å². The van der Waals surface area contributed by atoms with Crippen molar-refractivity contribution in [1.82, 2.24) is 5.32 Å². The van der Waals surface area contributed by atoms with Gasteiger partial charge in [0.05, 0.1) is 4.92 Å². The van der Waals surface area contributed by atoms with Crippen molar-refractivity contribution in [3.63, 3.8) is 0 Å². The average molecular weight is 260 g/mol. The van der Waals surface area contributed by atoms with Crippen LogP contribution in [0.25, 0.3) is 0 Å². The highest BCUT2D eigenvalue weighted by Crippen LogP contribution is 2.12. The van der Waals surface area contributed by atoms with Crippen LogP contribution in [0.1, 0.15) is 11.1 Å². The highest BCUT2D eigenvalue weighted by atomic mass is 19.1. The summed E-state index contributed by atoms with van der Waals surface area (Å²) in [4.78, 5) is 10.1. The van der Waals surface area contributed by atoms with E-state index in [1.807, 2.05) is 0 Å². The lowest BCUT2D eigenvalue weighted by atomic mass is 10.2. The summed E-state index contributed by atoms with van der Waals surface area (Å²) in [6, 6.07) is 12.9. The van der Waals surface area contributed by atoms with Crippen molar-refractivity contribution in [2.45, 2.75) is 13.1 Å². The molecule has 0 atom stereocenters. The van der Waals surface area contributed by atoms with Gasteiger partial charge in [0.25, 0.3) is 5.69 Å². The first-order chi connectivity index (χ1) is 9.16. The number of nitrogens with zero attached hydrogens (tertiary/aromatic N) is 1. The Labute approximate surface area is 110 Å². The van der Waals surface area contributed by atoms with Crippen molar-refractivity contribution in [1.29, 1.82) is 0 Å². The number of rotatable bonds is 5. The van der Waals surface area contributed by atoms with Crippen molar-refractivity contribution < 1.29 is 9.31 Å². The number of nitro groups is 1. The molecule has 0 saturated heterocycles. The molecule has 2 rings (SSSR count). The maximum Gasteiger partial charge on any atom is 0.269 e. The van der Waals surface area contributed by atoms with Crippen LogP contribution in [0.4, 0.5) is 10.1 Å². The zero-order valence-corrected chi connectivity index (χ0v) is 10.2. The quantitative estimate of drug-likeness (QED) is 0.664. The molecule has 0 amide bonds. The number of halogens is 1. The molecule has 0 aliphatic rings.